The van der Waals surface area contributed by atoms with Crippen molar-refractivity contribution >= 4 is 10.8 Å². The Hall–Kier alpha value is -2.08. The Labute approximate surface area is 101 Å². The SMILES string of the molecule is [c]1ccc2cccc3c2c1Cc1ccccc1-3. The van der Waals surface area contributed by atoms with Crippen LogP contribution >= 0.6 is 0 Å². The van der Waals surface area contributed by atoms with E-state index in [4.69, 9.17) is 0 Å². The molecular weight excluding hydrogens is 204 g/mol. The Morgan fingerprint density at radius 3 is 2.71 bits per heavy atom. The lowest BCUT2D eigenvalue weighted by molar-refractivity contribution is 1.19. The summed E-state index contributed by atoms with van der Waals surface area (Å²) in [6.07, 6.45) is 1.00. The summed E-state index contributed by atoms with van der Waals surface area (Å²) in [7, 11) is 0. The number of hydrogen-bond donors (Lipinski definition) is 0. The first-order valence-electron chi connectivity index (χ1n) is 5.94. The molecule has 4 rings (SSSR count). The van der Waals surface area contributed by atoms with Crippen molar-refractivity contribution in [3.63, 3.8) is 0 Å². The molecule has 0 amide bonds. The average Bonchev–Trinajstić information content (AvgIpc) is 2.39. The van der Waals surface area contributed by atoms with Crippen LogP contribution in [0.3, 0.4) is 0 Å². The molecule has 1 aliphatic carbocycles. The fourth-order valence-corrected chi connectivity index (χ4v) is 2.84. The highest BCUT2D eigenvalue weighted by atomic mass is 14.2. The van der Waals surface area contributed by atoms with E-state index in [-0.39, 0.29) is 0 Å². The van der Waals surface area contributed by atoms with E-state index < -0.39 is 0 Å². The van der Waals surface area contributed by atoms with E-state index in [2.05, 4.69) is 54.6 Å². The summed E-state index contributed by atoms with van der Waals surface area (Å²) in [6, 6.07) is 22.8. The third kappa shape index (κ3) is 1.18. The van der Waals surface area contributed by atoms with E-state index in [0.717, 1.165) is 6.42 Å². The van der Waals surface area contributed by atoms with Crippen molar-refractivity contribution in [2.75, 3.05) is 0 Å². The van der Waals surface area contributed by atoms with E-state index in [9.17, 15) is 0 Å². The van der Waals surface area contributed by atoms with Crippen LogP contribution in [0.4, 0.5) is 0 Å². The summed E-state index contributed by atoms with van der Waals surface area (Å²) < 4.78 is 0. The molecule has 0 bridgehead atoms. The van der Waals surface area contributed by atoms with Gasteiger partial charge in [-0.25, -0.2) is 0 Å². The summed E-state index contributed by atoms with van der Waals surface area (Å²) in [6.45, 7) is 0. The van der Waals surface area contributed by atoms with Gasteiger partial charge in [-0.15, -0.1) is 0 Å². The topological polar surface area (TPSA) is 0 Å². The van der Waals surface area contributed by atoms with Crippen molar-refractivity contribution in [2.24, 2.45) is 0 Å². The molecule has 0 saturated carbocycles. The van der Waals surface area contributed by atoms with Gasteiger partial charge in [0.05, 0.1) is 0 Å². The van der Waals surface area contributed by atoms with Crippen LogP contribution in [0, 0.1) is 6.07 Å². The zero-order valence-corrected chi connectivity index (χ0v) is 9.40. The van der Waals surface area contributed by atoms with Crippen molar-refractivity contribution in [1.29, 1.82) is 0 Å². The van der Waals surface area contributed by atoms with Gasteiger partial charge in [-0.05, 0) is 45.5 Å². The van der Waals surface area contributed by atoms with Crippen LogP contribution in [0.1, 0.15) is 11.1 Å². The molecule has 0 heterocycles. The summed E-state index contributed by atoms with van der Waals surface area (Å²) in [5.41, 5.74) is 5.48. The van der Waals surface area contributed by atoms with Gasteiger partial charge < -0.3 is 0 Å². The first-order chi connectivity index (χ1) is 8.43. The molecule has 0 atom stereocenters. The molecule has 1 aliphatic rings. The van der Waals surface area contributed by atoms with Gasteiger partial charge in [0.25, 0.3) is 0 Å². The van der Waals surface area contributed by atoms with Crippen LogP contribution in [0.2, 0.25) is 0 Å². The van der Waals surface area contributed by atoms with Crippen LogP contribution in [-0.2, 0) is 6.42 Å². The molecule has 3 aromatic carbocycles. The van der Waals surface area contributed by atoms with Gasteiger partial charge in [0.1, 0.15) is 0 Å². The maximum absolute atomic E-state index is 3.39. The van der Waals surface area contributed by atoms with Crippen LogP contribution in [-0.4, -0.2) is 0 Å². The lowest BCUT2D eigenvalue weighted by Crippen LogP contribution is -2.00. The fourth-order valence-electron chi connectivity index (χ4n) is 2.84. The van der Waals surface area contributed by atoms with Crippen LogP contribution < -0.4 is 0 Å². The first-order valence-corrected chi connectivity index (χ1v) is 5.94. The summed E-state index contributed by atoms with van der Waals surface area (Å²) in [5, 5.41) is 2.71. The molecular formula is C17H11. The van der Waals surface area contributed by atoms with E-state index in [1.54, 1.807) is 0 Å². The Kier molecular flexibility index (Phi) is 1.70. The fraction of sp³-hybridized carbons (Fsp3) is 0.0588. The summed E-state index contributed by atoms with van der Waals surface area (Å²) >= 11 is 0. The number of benzene rings is 3. The standard InChI is InChI=1S/C17H11/c1-2-9-15-13(5-1)11-14-8-3-6-12-7-4-10-16(15)17(12)14/h1-7,9-10H,11H2. The molecule has 0 unspecified atom stereocenters. The Morgan fingerprint density at radius 2 is 1.71 bits per heavy atom. The lowest BCUT2D eigenvalue weighted by atomic mass is 9.84. The third-order valence-corrected chi connectivity index (χ3v) is 3.59. The highest BCUT2D eigenvalue weighted by Gasteiger charge is 2.16. The maximum atomic E-state index is 3.39. The Bertz CT molecular complexity index is 718. The monoisotopic (exact) mass is 215 g/mol. The Balaban J connectivity index is 2.22. The van der Waals surface area contributed by atoms with Crippen LogP contribution in [0.15, 0.2) is 54.6 Å². The molecule has 1 radical (unpaired) electrons. The number of hydrogen-bond acceptors (Lipinski definition) is 0. The van der Waals surface area contributed by atoms with Gasteiger partial charge in [-0.3, -0.25) is 0 Å². The minimum absolute atomic E-state index is 1.00. The molecule has 0 spiro atoms. The normalized spacial score (nSPS) is 12.5. The van der Waals surface area contributed by atoms with Gasteiger partial charge in [0.15, 0.2) is 0 Å². The smallest absolute Gasteiger partial charge is 0.000706 e. The minimum Gasteiger partial charge on any atom is -0.0619 e. The highest BCUT2D eigenvalue weighted by Crippen LogP contribution is 2.38. The molecule has 0 saturated heterocycles. The molecule has 79 valence electrons. The van der Waals surface area contributed by atoms with E-state index >= 15 is 0 Å². The van der Waals surface area contributed by atoms with E-state index in [1.807, 2.05) is 6.07 Å². The van der Waals surface area contributed by atoms with Crippen molar-refractivity contribution in [2.45, 2.75) is 6.42 Å². The second-order valence-electron chi connectivity index (χ2n) is 4.56. The molecule has 0 heteroatoms. The average molecular weight is 215 g/mol. The van der Waals surface area contributed by atoms with Gasteiger partial charge in [0, 0.05) is 0 Å². The molecule has 3 aromatic rings. The molecule has 0 nitrogen and oxygen atoms in total. The van der Waals surface area contributed by atoms with Crippen molar-refractivity contribution in [3.8, 4) is 11.1 Å². The second-order valence-corrected chi connectivity index (χ2v) is 4.56. The zero-order chi connectivity index (χ0) is 11.2. The van der Waals surface area contributed by atoms with E-state index in [1.165, 1.54) is 33.0 Å². The summed E-state index contributed by atoms with van der Waals surface area (Å²) in [5.74, 6) is 0. The third-order valence-electron chi connectivity index (χ3n) is 3.59. The largest absolute Gasteiger partial charge is 0.0619 e. The second kappa shape index (κ2) is 3.21. The zero-order valence-electron chi connectivity index (χ0n) is 9.40. The number of fused-ring (bicyclic) bond motifs is 2. The van der Waals surface area contributed by atoms with Gasteiger partial charge in [0.2, 0.25) is 0 Å². The lowest BCUT2D eigenvalue weighted by Gasteiger charge is -2.20. The van der Waals surface area contributed by atoms with Crippen LogP contribution in [0.5, 0.6) is 0 Å². The van der Waals surface area contributed by atoms with Crippen LogP contribution in [0.25, 0.3) is 21.9 Å². The molecule has 0 aromatic heterocycles. The first kappa shape index (κ1) is 9.00. The maximum Gasteiger partial charge on any atom is -0.000706 e. The van der Waals surface area contributed by atoms with Gasteiger partial charge >= 0.3 is 0 Å². The predicted octanol–water partition coefficient (Wildman–Crippen LogP) is 4.21. The molecule has 0 N–H and O–H groups in total. The van der Waals surface area contributed by atoms with Gasteiger partial charge in [-0.1, -0.05) is 54.6 Å². The van der Waals surface area contributed by atoms with Gasteiger partial charge in [-0.2, -0.15) is 0 Å². The molecule has 0 aliphatic heterocycles. The predicted molar refractivity (Wildman–Crippen MR) is 71.0 cm³/mol. The van der Waals surface area contributed by atoms with E-state index in [0.29, 0.717) is 0 Å². The summed E-state index contributed by atoms with van der Waals surface area (Å²) in [4.78, 5) is 0. The minimum atomic E-state index is 1.00. The Morgan fingerprint density at radius 1 is 0.824 bits per heavy atom. The number of rotatable bonds is 0. The van der Waals surface area contributed by atoms with Crippen molar-refractivity contribution in [1.82, 2.24) is 0 Å². The molecule has 17 heavy (non-hydrogen) atoms. The molecule has 0 fully saturated rings. The quantitative estimate of drug-likeness (QED) is 0.412. The highest BCUT2D eigenvalue weighted by molar-refractivity contribution is 6.01. The van der Waals surface area contributed by atoms with Crippen molar-refractivity contribution in [3.05, 3.63) is 71.8 Å². The van der Waals surface area contributed by atoms with Crippen molar-refractivity contribution < 1.29 is 0 Å².